The van der Waals surface area contributed by atoms with Crippen LogP contribution in [0.2, 0.25) is 0 Å². The molecule has 0 aromatic heterocycles. The average Bonchev–Trinajstić information content (AvgIpc) is 2.57. The lowest BCUT2D eigenvalue weighted by Crippen LogP contribution is -2.07. The zero-order chi connectivity index (χ0) is 15.1. The Morgan fingerprint density at radius 3 is 1.59 bits per heavy atom. The molecule has 4 aromatic rings. The largest absolute Gasteiger partial charge is 0.140 e. The summed E-state index contributed by atoms with van der Waals surface area (Å²) in [7, 11) is 2.23. The third-order valence-corrected chi connectivity index (χ3v) is 4.62. The summed E-state index contributed by atoms with van der Waals surface area (Å²) in [5.41, 5.74) is 5.37. The number of benzene rings is 4. The molecule has 4 rings (SSSR count). The molecule has 0 radical (unpaired) electrons. The second-order valence-electron chi connectivity index (χ2n) is 5.91. The highest BCUT2D eigenvalue weighted by Gasteiger charge is 2.13. The first-order chi connectivity index (χ1) is 10.8. The number of aryl methyl sites for hydroxylation is 1. The number of hydrogen-bond donors (Lipinski definition) is 0. The zero-order valence-electron chi connectivity index (χ0n) is 12.9. The van der Waals surface area contributed by atoms with Crippen LogP contribution in [0.4, 0.5) is 0 Å². The summed E-state index contributed by atoms with van der Waals surface area (Å²) in [5.74, 6) is 0. The van der Waals surface area contributed by atoms with E-state index in [0.717, 1.165) is 0 Å². The lowest BCUT2D eigenvalue weighted by Gasteiger charge is -2.16. The summed E-state index contributed by atoms with van der Waals surface area (Å²) in [6, 6.07) is 26.2. The highest BCUT2D eigenvalue weighted by molar-refractivity contribution is 6.46. The summed E-state index contributed by atoms with van der Waals surface area (Å²) in [6.45, 7) is 2.19. The Labute approximate surface area is 131 Å². The molecule has 0 aliphatic heterocycles. The molecule has 0 aliphatic rings. The van der Waals surface area contributed by atoms with E-state index < -0.39 is 0 Å². The Morgan fingerprint density at radius 1 is 0.591 bits per heavy atom. The molecule has 0 amide bonds. The Morgan fingerprint density at radius 2 is 1.05 bits per heavy atom. The second kappa shape index (κ2) is 5.03. The van der Waals surface area contributed by atoms with E-state index in [9.17, 15) is 0 Å². The van der Waals surface area contributed by atoms with Crippen molar-refractivity contribution < 1.29 is 0 Å². The monoisotopic (exact) mass is 280 g/mol. The highest BCUT2D eigenvalue weighted by Crippen LogP contribution is 2.36. The van der Waals surface area contributed by atoms with E-state index in [0.29, 0.717) is 0 Å². The van der Waals surface area contributed by atoms with Crippen LogP contribution in [0.25, 0.3) is 32.7 Å². The Hall–Kier alpha value is -2.54. The number of hydrogen-bond acceptors (Lipinski definition) is 0. The molecule has 0 bridgehead atoms. The van der Waals surface area contributed by atoms with Gasteiger partial charge in [0.1, 0.15) is 7.85 Å². The van der Waals surface area contributed by atoms with Gasteiger partial charge < -0.3 is 0 Å². The van der Waals surface area contributed by atoms with Crippen molar-refractivity contribution in [3.8, 4) is 11.1 Å². The van der Waals surface area contributed by atoms with E-state index >= 15 is 0 Å². The van der Waals surface area contributed by atoms with Crippen molar-refractivity contribution in [2.24, 2.45) is 0 Å². The molecule has 0 heterocycles. The van der Waals surface area contributed by atoms with Crippen molar-refractivity contribution >= 4 is 34.9 Å². The van der Waals surface area contributed by atoms with Gasteiger partial charge in [-0.3, -0.25) is 0 Å². The van der Waals surface area contributed by atoms with E-state index in [2.05, 4.69) is 87.6 Å². The minimum absolute atomic E-state index is 1.32. The van der Waals surface area contributed by atoms with Gasteiger partial charge in [-0.2, -0.15) is 0 Å². The van der Waals surface area contributed by atoms with Crippen molar-refractivity contribution in [1.82, 2.24) is 0 Å². The molecule has 0 spiro atoms. The molecule has 4 aromatic carbocycles. The molecule has 1 heteroatoms. The fourth-order valence-electron chi connectivity index (χ4n) is 3.49. The fourth-order valence-corrected chi connectivity index (χ4v) is 3.49. The highest BCUT2D eigenvalue weighted by atomic mass is 14.2. The van der Waals surface area contributed by atoms with E-state index in [1.165, 1.54) is 43.7 Å². The smallest absolute Gasteiger partial charge is 0.0735 e. The van der Waals surface area contributed by atoms with Crippen LogP contribution in [0.1, 0.15) is 5.56 Å². The molecular formula is C21H17B. The van der Waals surface area contributed by atoms with Crippen LogP contribution in [0.5, 0.6) is 0 Å². The third-order valence-electron chi connectivity index (χ3n) is 4.62. The van der Waals surface area contributed by atoms with Crippen LogP contribution in [0.15, 0.2) is 72.8 Å². The SMILES string of the molecule is Bc1c2ccccc2c(-c2ccccc2C)c2ccccc12. The zero-order valence-corrected chi connectivity index (χ0v) is 12.9. The molecule has 0 N–H and O–H groups in total. The van der Waals surface area contributed by atoms with Crippen molar-refractivity contribution in [3.63, 3.8) is 0 Å². The molecule has 22 heavy (non-hydrogen) atoms. The summed E-state index contributed by atoms with van der Waals surface area (Å²) in [4.78, 5) is 0. The summed E-state index contributed by atoms with van der Waals surface area (Å²) in [5, 5.41) is 5.37. The molecule has 0 atom stereocenters. The number of rotatable bonds is 1. The minimum Gasteiger partial charge on any atom is -0.0735 e. The average molecular weight is 280 g/mol. The Balaban J connectivity index is 2.29. The molecule has 104 valence electrons. The molecule has 0 saturated heterocycles. The third kappa shape index (κ3) is 1.86. The van der Waals surface area contributed by atoms with Crippen LogP contribution in [-0.4, -0.2) is 7.85 Å². The molecule has 0 aliphatic carbocycles. The lowest BCUT2D eigenvalue weighted by molar-refractivity contribution is 1.47. The van der Waals surface area contributed by atoms with E-state index in [1.54, 1.807) is 0 Å². The van der Waals surface area contributed by atoms with Crippen molar-refractivity contribution in [3.05, 3.63) is 78.4 Å². The van der Waals surface area contributed by atoms with Crippen LogP contribution in [0.3, 0.4) is 0 Å². The van der Waals surface area contributed by atoms with Gasteiger partial charge in [-0.15, -0.1) is 0 Å². The van der Waals surface area contributed by atoms with Crippen LogP contribution < -0.4 is 5.46 Å². The van der Waals surface area contributed by atoms with Gasteiger partial charge in [0.2, 0.25) is 0 Å². The Kier molecular flexibility index (Phi) is 3.01. The maximum absolute atomic E-state index is 2.25. The maximum Gasteiger partial charge on any atom is 0.140 e. The van der Waals surface area contributed by atoms with E-state index in [4.69, 9.17) is 0 Å². The predicted octanol–water partition coefficient (Wildman–Crippen LogP) is 4.23. The van der Waals surface area contributed by atoms with Crippen LogP contribution in [0, 0.1) is 6.92 Å². The van der Waals surface area contributed by atoms with Gasteiger partial charge in [-0.1, -0.05) is 78.3 Å². The molecule has 0 nitrogen and oxygen atoms in total. The Bertz CT molecular complexity index is 942. The van der Waals surface area contributed by atoms with Gasteiger partial charge in [0, 0.05) is 0 Å². The predicted molar refractivity (Wildman–Crippen MR) is 99.8 cm³/mol. The van der Waals surface area contributed by atoms with Crippen LogP contribution >= 0.6 is 0 Å². The quantitative estimate of drug-likeness (QED) is 0.361. The minimum atomic E-state index is 1.32. The van der Waals surface area contributed by atoms with Crippen molar-refractivity contribution in [2.45, 2.75) is 6.92 Å². The first kappa shape index (κ1) is 13.2. The summed E-state index contributed by atoms with van der Waals surface area (Å²) < 4.78 is 0. The van der Waals surface area contributed by atoms with Gasteiger partial charge in [-0.25, -0.2) is 0 Å². The van der Waals surface area contributed by atoms with E-state index in [-0.39, 0.29) is 0 Å². The molecule has 0 unspecified atom stereocenters. The molecular weight excluding hydrogens is 263 g/mol. The standard InChI is InChI=1S/C21H17B/c1-14-8-2-3-9-15(14)20-16-10-4-6-12-18(16)21(22)19-13-7-5-11-17(19)20/h2-13H,22H2,1H3. The first-order valence-electron chi connectivity index (χ1n) is 7.73. The fraction of sp³-hybridized carbons (Fsp3) is 0.0476. The van der Waals surface area contributed by atoms with E-state index in [1.807, 2.05) is 0 Å². The van der Waals surface area contributed by atoms with Gasteiger partial charge >= 0.3 is 0 Å². The first-order valence-corrected chi connectivity index (χ1v) is 7.73. The topological polar surface area (TPSA) is 0 Å². The van der Waals surface area contributed by atoms with Gasteiger partial charge in [0.25, 0.3) is 0 Å². The maximum atomic E-state index is 2.25. The second-order valence-corrected chi connectivity index (χ2v) is 5.91. The van der Waals surface area contributed by atoms with Gasteiger partial charge in [0.15, 0.2) is 0 Å². The van der Waals surface area contributed by atoms with Crippen LogP contribution in [-0.2, 0) is 0 Å². The van der Waals surface area contributed by atoms with Gasteiger partial charge in [-0.05, 0) is 45.2 Å². The normalized spacial score (nSPS) is 11.1. The molecule has 0 saturated carbocycles. The van der Waals surface area contributed by atoms with Crippen molar-refractivity contribution in [1.29, 1.82) is 0 Å². The van der Waals surface area contributed by atoms with Gasteiger partial charge in [0.05, 0.1) is 0 Å². The number of fused-ring (bicyclic) bond motifs is 2. The molecule has 0 fully saturated rings. The summed E-state index contributed by atoms with van der Waals surface area (Å²) >= 11 is 0. The lowest BCUT2D eigenvalue weighted by atomic mass is 9.80. The van der Waals surface area contributed by atoms with Crippen molar-refractivity contribution in [2.75, 3.05) is 0 Å². The summed E-state index contributed by atoms with van der Waals surface area (Å²) in [6.07, 6.45) is 0.